The maximum atomic E-state index is 9.73. The van der Waals surface area contributed by atoms with Crippen molar-refractivity contribution in [2.24, 2.45) is 5.73 Å². The molecule has 0 spiro atoms. The first-order valence-electron chi connectivity index (χ1n) is 4.38. The highest BCUT2D eigenvalue weighted by Gasteiger charge is 2.18. The van der Waals surface area contributed by atoms with Gasteiger partial charge in [0, 0.05) is 11.0 Å². The second kappa shape index (κ2) is 4.89. The lowest BCUT2D eigenvalue weighted by atomic mass is 10.0. The fourth-order valence-corrected chi connectivity index (χ4v) is 1.71. The SMILES string of the molecule is Cc1ccc(Br)c(C(O)C(O)CN)c1. The third kappa shape index (κ3) is 2.54. The van der Waals surface area contributed by atoms with Gasteiger partial charge >= 0.3 is 0 Å². The van der Waals surface area contributed by atoms with Gasteiger partial charge in [-0.25, -0.2) is 0 Å². The smallest absolute Gasteiger partial charge is 0.107 e. The molecule has 0 aliphatic heterocycles. The molecule has 14 heavy (non-hydrogen) atoms. The van der Waals surface area contributed by atoms with E-state index in [0.717, 1.165) is 10.0 Å². The Morgan fingerprint density at radius 2 is 2.07 bits per heavy atom. The van der Waals surface area contributed by atoms with Gasteiger partial charge in [0.25, 0.3) is 0 Å². The predicted molar refractivity (Wildman–Crippen MR) is 58.9 cm³/mol. The standard InChI is InChI=1S/C10H14BrNO2/c1-6-2-3-8(11)7(4-6)10(14)9(13)5-12/h2-4,9-10,13-14H,5,12H2,1H3. The van der Waals surface area contributed by atoms with Crippen LogP contribution in [0.5, 0.6) is 0 Å². The second-order valence-electron chi connectivity index (χ2n) is 3.27. The normalized spacial score (nSPS) is 15.2. The molecule has 4 heteroatoms. The molecular weight excluding hydrogens is 246 g/mol. The summed E-state index contributed by atoms with van der Waals surface area (Å²) in [5.41, 5.74) is 6.98. The van der Waals surface area contributed by atoms with Gasteiger partial charge in [0.05, 0.1) is 6.10 Å². The van der Waals surface area contributed by atoms with E-state index in [-0.39, 0.29) is 6.54 Å². The van der Waals surface area contributed by atoms with Crippen molar-refractivity contribution in [2.75, 3.05) is 6.54 Å². The molecule has 0 saturated carbocycles. The zero-order valence-corrected chi connectivity index (χ0v) is 9.53. The van der Waals surface area contributed by atoms with Crippen LogP contribution < -0.4 is 5.73 Å². The molecule has 0 saturated heterocycles. The van der Waals surface area contributed by atoms with E-state index < -0.39 is 12.2 Å². The molecule has 2 unspecified atom stereocenters. The number of halogens is 1. The van der Waals surface area contributed by atoms with Crippen LogP contribution in [0, 0.1) is 6.92 Å². The molecule has 1 rings (SSSR count). The summed E-state index contributed by atoms with van der Waals surface area (Å²) in [4.78, 5) is 0. The van der Waals surface area contributed by atoms with Crippen molar-refractivity contribution in [3.8, 4) is 0 Å². The molecule has 0 bridgehead atoms. The van der Waals surface area contributed by atoms with Gasteiger partial charge in [-0.2, -0.15) is 0 Å². The van der Waals surface area contributed by atoms with E-state index in [9.17, 15) is 10.2 Å². The van der Waals surface area contributed by atoms with E-state index in [4.69, 9.17) is 5.73 Å². The van der Waals surface area contributed by atoms with Gasteiger partial charge < -0.3 is 15.9 Å². The van der Waals surface area contributed by atoms with Gasteiger partial charge in [0.1, 0.15) is 6.10 Å². The van der Waals surface area contributed by atoms with Crippen LogP contribution in [0.25, 0.3) is 0 Å². The van der Waals surface area contributed by atoms with Crippen LogP contribution in [0.15, 0.2) is 22.7 Å². The summed E-state index contributed by atoms with van der Waals surface area (Å²) in [5.74, 6) is 0. The maximum absolute atomic E-state index is 9.73. The van der Waals surface area contributed by atoms with Crippen molar-refractivity contribution < 1.29 is 10.2 Å². The summed E-state index contributed by atoms with van der Waals surface area (Å²) in [6, 6.07) is 5.60. The highest BCUT2D eigenvalue weighted by molar-refractivity contribution is 9.10. The van der Waals surface area contributed by atoms with Crippen molar-refractivity contribution in [3.63, 3.8) is 0 Å². The van der Waals surface area contributed by atoms with E-state index in [2.05, 4.69) is 15.9 Å². The Morgan fingerprint density at radius 1 is 1.43 bits per heavy atom. The molecule has 4 N–H and O–H groups in total. The topological polar surface area (TPSA) is 66.5 Å². The largest absolute Gasteiger partial charge is 0.389 e. The summed E-state index contributed by atoms with van der Waals surface area (Å²) in [6.07, 6.45) is -1.86. The average Bonchev–Trinajstić information content (AvgIpc) is 2.19. The summed E-state index contributed by atoms with van der Waals surface area (Å²) in [5, 5.41) is 19.1. The highest BCUT2D eigenvalue weighted by Crippen LogP contribution is 2.26. The van der Waals surface area contributed by atoms with E-state index in [1.807, 2.05) is 25.1 Å². The third-order valence-corrected chi connectivity index (χ3v) is 2.80. The molecule has 0 amide bonds. The third-order valence-electron chi connectivity index (χ3n) is 2.08. The Labute approximate surface area is 91.7 Å². The zero-order valence-electron chi connectivity index (χ0n) is 7.94. The number of rotatable bonds is 3. The minimum atomic E-state index is -0.936. The lowest BCUT2D eigenvalue weighted by molar-refractivity contribution is 0.0239. The Morgan fingerprint density at radius 3 is 2.64 bits per heavy atom. The van der Waals surface area contributed by atoms with Gasteiger partial charge in [-0.3, -0.25) is 0 Å². The molecule has 1 aromatic rings. The van der Waals surface area contributed by atoms with E-state index >= 15 is 0 Å². The Kier molecular flexibility index (Phi) is 4.07. The Balaban J connectivity index is 2.99. The van der Waals surface area contributed by atoms with Crippen molar-refractivity contribution in [1.29, 1.82) is 0 Å². The van der Waals surface area contributed by atoms with Gasteiger partial charge in [-0.1, -0.05) is 33.6 Å². The first-order chi connectivity index (χ1) is 6.56. The quantitative estimate of drug-likeness (QED) is 0.762. The van der Waals surface area contributed by atoms with Gasteiger partial charge in [-0.05, 0) is 18.6 Å². The fraction of sp³-hybridized carbons (Fsp3) is 0.400. The number of aryl methyl sites for hydroxylation is 1. The minimum Gasteiger partial charge on any atom is -0.389 e. The van der Waals surface area contributed by atoms with Crippen LogP contribution in [-0.2, 0) is 0 Å². The van der Waals surface area contributed by atoms with E-state index in [1.54, 1.807) is 0 Å². The van der Waals surface area contributed by atoms with Gasteiger partial charge in [-0.15, -0.1) is 0 Å². The number of aliphatic hydroxyl groups is 2. The number of hydrogen-bond acceptors (Lipinski definition) is 3. The molecule has 78 valence electrons. The van der Waals surface area contributed by atoms with Crippen LogP contribution in [0.1, 0.15) is 17.2 Å². The first-order valence-corrected chi connectivity index (χ1v) is 5.17. The number of aliphatic hydroxyl groups excluding tert-OH is 2. The van der Waals surface area contributed by atoms with Crippen LogP contribution in [0.3, 0.4) is 0 Å². The van der Waals surface area contributed by atoms with Crippen molar-refractivity contribution in [1.82, 2.24) is 0 Å². The van der Waals surface area contributed by atoms with Crippen molar-refractivity contribution in [3.05, 3.63) is 33.8 Å². The van der Waals surface area contributed by atoms with Crippen molar-refractivity contribution in [2.45, 2.75) is 19.1 Å². The molecule has 0 radical (unpaired) electrons. The Hall–Kier alpha value is -0.420. The predicted octanol–water partition coefficient (Wildman–Crippen LogP) is 1.11. The monoisotopic (exact) mass is 259 g/mol. The number of nitrogens with two attached hydrogens (primary N) is 1. The lowest BCUT2D eigenvalue weighted by Gasteiger charge is -2.18. The summed E-state index contributed by atoms with van der Waals surface area (Å²) >= 11 is 3.32. The van der Waals surface area contributed by atoms with Gasteiger partial charge in [0.15, 0.2) is 0 Å². The molecule has 1 aromatic carbocycles. The maximum Gasteiger partial charge on any atom is 0.107 e. The Bertz CT molecular complexity index is 317. The molecule has 0 aliphatic rings. The summed E-state index contributed by atoms with van der Waals surface area (Å²) in [6.45, 7) is 1.97. The molecule has 3 nitrogen and oxygen atoms in total. The van der Waals surface area contributed by atoms with Crippen LogP contribution in [0.2, 0.25) is 0 Å². The highest BCUT2D eigenvalue weighted by atomic mass is 79.9. The molecule has 0 aromatic heterocycles. The fourth-order valence-electron chi connectivity index (χ4n) is 1.23. The average molecular weight is 260 g/mol. The van der Waals surface area contributed by atoms with Gasteiger partial charge in [0.2, 0.25) is 0 Å². The number of hydrogen-bond donors (Lipinski definition) is 3. The van der Waals surface area contributed by atoms with Crippen molar-refractivity contribution >= 4 is 15.9 Å². The number of benzene rings is 1. The molecule has 2 atom stereocenters. The summed E-state index contributed by atoms with van der Waals surface area (Å²) in [7, 11) is 0. The lowest BCUT2D eigenvalue weighted by Crippen LogP contribution is -2.27. The zero-order chi connectivity index (χ0) is 10.7. The minimum absolute atomic E-state index is 0.0432. The van der Waals surface area contributed by atoms with E-state index in [1.165, 1.54) is 0 Å². The van der Waals surface area contributed by atoms with E-state index in [0.29, 0.717) is 5.56 Å². The molecule has 0 fully saturated rings. The first kappa shape index (κ1) is 11.7. The molecule has 0 aliphatic carbocycles. The van der Waals surface area contributed by atoms with Crippen LogP contribution >= 0.6 is 15.9 Å². The van der Waals surface area contributed by atoms with Crippen LogP contribution in [-0.4, -0.2) is 22.9 Å². The second-order valence-corrected chi connectivity index (χ2v) is 4.13. The molecular formula is C10H14BrNO2. The van der Waals surface area contributed by atoms with Crippen LogP contribution in [0.4, 0.5) is 0 Å². The summed E-state index contributed by atoms with van der Waals surface area (Å²) < 4.78 is 0.781. The molecule has 0 heterocycles.